The van der Waals surface area contributed by atoms with E-state index in [1.165, 1.54) is 6.20 Å². The van der Waals surface area contributed by atoms with Gasteiger partial charge in [0, 0.05) is 6.04 Å². The molecule has 0 aliphatic heterocycles. The molecule has 1 aliphatic carbocycles. The van der Waals surface area contributed by atoms with Crippen LogP contribution in [-0.2, 0) is 10.0 Å². The molecule has 0 radical (unpaired) electrons. The molecular formula is C14H23ClN2O2S2. The molecule has 1 aromatic heterocycles. The van der Waals surface area contributed by atoms with Crippen molar-refractivity contribution in [2.24, 2.45) is 11.3 Å². The number of sulfonamides is 1. The van der Waals surface area contributed by atoms with Gasteiger partial charge in [0.15, 0.2) is 8.68 Å². The summed E-state index contributed by atoms with van der Waals surface area (Å²) in [5.41, 5.74) is 0.342. The van der Waals surface area contributed by atoms with E-state index in [9.17, 15) is 8.42 Å². The van der Waals surface area contributed by atoms with E-state index in [2.05, 4.69) is 30.5 Å². The number of nitrogens with zero attached hydrogens (tertiary/aromatic N) is 1. The topological polar surface area (TPSA) is 59.1 Å². The monoisotopic (exact) mass is 350 g/mol. The van der Waals surface area contributed by atoms with E-state index in [0.29, 0.717) is 11.3 Å². The molecule has 0 amide bonds. The van der Waals surface area contributed by atoms with Crippen molar-refractivity contribution in [2.75, 3.05) is 0 Å². The minimum absolute atomic E-state index is 0.0276. The van der Waals surface area contributed by atoms with Crippen LogP contribution in [0.5, 0.6) is 0 Å². The summed E-state index contributed by atoms with van der Waals surface area (Å²) < 4.78 is 27.7. The lowest BCUT2D eigenvalue weighted by molar-refractivity contribution is 0.142. The average Bonchev–Trinajstić information content (AvgIpc) is 2.86. The second-order valence-electron chi connectivity index (χ2n) is 6.44. The molecule has 1 heterocycles. The quantitative estimate of drug-likeness (QED) is 0.870. The van der Waals surface area contributed by atoms with Gasteiger partial charge in [-0.3, -0.25) is 0 Å². The number of nitrogens with one attached hydrogen (secondary N) is 1. The number of hydrogen-bond donors (Lipinski definition) is 1. The van der Waals surface area contributed by atoms with Crippen LogP contribution in [0.2, 0.25) is 4.47 Å². The van der Waals surface area contributed by atoms with E-state index >= 15 is 0 Å². The lowest BCUT2D eigenvalue weighted by atomic mass is 9.69. The van der Waals surface area contributed by atoms with E-state index in [0.717, 1.165) is 43.4 Å². The van der Waals surface area contributed by atoms with E-state index in [-0.39, 0.29) is 14.7 Å². The van der Waals surface area contributed by atoms with Gasteiger partial charge in [-0.2, -0.15) is 0 Å². The summed E-state index contributed by atoms with van der Waals surface area (Å²) in [6.07, 6.45) is 6.45. The van der Waals surface area contributed by atoms with E-state index < -0.39 is 10.0 Å². The maximum Gasteiger partial charge on any atom is 0.251 e. The molecule has 21 heavy (non-hydrogen) atoms. The van der Waals surface area contributed by atoms with Gasteiger partial charge in [0.25, 0.3) is 10.0 Å². The molecule has 1 aromatic rings. The first kappa shape index (κ1) is 17.2. The second-order valence-corrected chi connectivity index (χ2v) is 10.00. The van der Waals surface area contributed by atoms with Crippen molar-refractivity contribution < 1.29 is 8.42 Å². The minimum Gasteiger partial charge on any atom is -0.232 e. The fourth-order valence-corrected chi connectivity index (χ4v) is 5.54. The zero-order valence-electron chi connectivity index (χ0n) is 12.7. The second kappa shape index (κ2) is 6.52. The van der Waals surface area contributed by atoms with E-state index in [1.54, 1.807) is 0 Å². The molecular weight excluding hydrogens is 328 g/mol. The third-order valence-corrected chi connectivity index (χ3v) is 7.88. The summed E-state index contributed by atoms with van der Waals surface area (Å²) in [4.78, 5) is 3.80. The first-order valence-electron chi connectivity index (χ1n) is 7.38. The summed E-state index contributed by atoms with van der Waals surface area (Å²) in [6.45, 7) is 6.84. The van der Waals surface area contributed by atoms with Gasteiger partial charge in [0.1, 0.15) is 0 Å². The molecule has 2 rings (SSSR count). The molecule has 0 bridgehead atoms. The molecule has 1 saturated carbocycles. The summed E-state index contributed by atoms with van der Waals surface area (Å²) in [7, 11) is -3.48. The number of halogens is 1. The van der Waals surface area contributed by atoms with Crippen LogP contribution >= 0.6 is 22.9 Å². The maximum absolute atomic E-state index is 12.2. The number of aromatic nitrogens is 1. The third-order valence-electron chi connectivity index (χ3n) is 4.79. The van der Waals surface area contributed by atoms with Crippen molar-refractivity contribution in [1.82, 2.24) is 9.71 Å². The third kappa shape index (κ3) is 4.18. The Balaban J connectivity index is 1.95. The Labute approximate surface area is 136 Å². The van der Waals surface area contributed by atoms with Crippen molar-refractivity contribution in [3.63, 3.8) is 0 Å². The van der Waals surface area contributed by atoms with Gasteiger partial charge < -0.3 is 0 Å². The summed E-state index contributed by atoms with van der Waals surface area (Å²) >= 11 is 6.71. The molecule has 7 heteroatoms. The summed E-state index contributed by atoms with van der Waals surface area (Å²) in [5, 5.41) is 0. The predicted molar refractivity (Wildman–Crippen MR) is 87.3 cm³/mol. The van der Waals surface area contributed by atoms with Crippen molar-refractivity contribution in [3.05, 3.63) is 10.7 Å². The molecule has 1 aliphatic rings. The molecule has 4 nitrogen and oxygen atoms in total. The minimum atomic E-state index is -3.48. The van der Waals surface area contributed by atoms with Crippen molar-refractivity contribution in [1.29, 1.82) is 0 Å². The number of hydrogen-bond acceptors (Lipinski definition) is 4. The molecule has 0 spiro atoms. The van der Waals surface area contributed by atoms with Crippen LogP contribution in [0.15, 0.2) is 10.4 Å². The van der Waals surface area contributed by atoms with Crippen LogP contribution in [0, 0.1) is 11.3 Å². The standard InChI is InChI=1S/C14H23ClN2O2S2/c1-4-14(2,3)10-5-7-11(8-6-10)17-21(18,19)12-9-16-13(15)20-12/h9-11,17H,4-8H2,1-3H3. The smallest absolute Gasteiger partial charge is 0.232 e. The van der Waals surface area contributed by atoms with Gasteiger partial charge in [-0.05, 0) is 37.0 Å². The normalized spacial score (nSPS) is 24.2. The van der Waals surface area contributed by atoms with Gasteiger partial charge in [-0.1, -0.05) is 50.1 Å². The SMILES string of the molecule is CCC(C)(C)C1CCC(NS(=O)(=O)c2cnc(Cl)s2)CC1. The Hall–Kier alpha value is -0.170. The van der Waals surface area contributed by atoms with Crippen molar-refractivity contribution in [2.45, 2.75) is 63.1 Å². The largest absolute Gasteiger partial charge is 0.251 e. The van der Waals surface area contributed by atoms with Gasteiger partial charge in [0.05, 0.1) is 6.20 Å². The Morgan fingerprint density at radius 1 is 1.38 bits per heavy atom. The van der Waals surface area contributed by atoms with Crippen molar-refractivity contribution in [3.8, 4) is 0 Å². The molecule has 1 fully saturated rings. The highest BCUT2D eigenvalue weighted by Gasteiger charge is 2.33. The fourth-order valence-electron chi connectivity index (χ4n) is 2.92. The van der Waals surface area contributed by atoms with Crippen LogP contribution in [-0.4, -0.2) is 19.4 Å². The molecule has 0 unspecified atom stereocenters. The molecule has 0 saturated heterocycles. The number of rotatable bonds is 5. The van der Waals surface area contributed by atoms with Crippen molar-refractivity contribution >= 4 is 33.0 Å². The van der Waals surface area contributed by atoms with Gasteiger partial charge in [0.2, 0.25) is 0 Å². The molecule has 0 aromatic carbocycles. The first-order valence-corrected chi connectivity index (χ1v) is 10.1. The van der Waals surface area contributed by atoms with E-state index in [4.69, 9.17) is 11.6 Å². The Bertz CT molecular complexity index is 576. The van der Waals surface area contributed by atoms with Gasteiger partial charge in [-0.15, -0.1) is 0 Å². The van der Waals surface area contributed by atoms with E-state index in [1.807, 2.05) is 0 Å². The first-order chi connectivity index (χ1) is 9.74. The lowest BCUT2D eigenvalue weighted by Crippen LogP contribution is -2.39. The molecule has 0 atom stereocenters. The zero-order chi connectivity index (χ0) is 15.7. The van der Waals surface area contributed by atoms with Crippen LogP contribution in [0.3, 0.4) is 0 Å². The fraction of sp³-hybridized carbons (Fsp3) is 0.786. The van der Waals surface area contributed by atoms with Crippen LogP contribution in [0.25, 0.3) is 0 Å². The number of thiazole rings is 1. The highest BCUT2D eigenvalue weighted by Crippen LogP contribution is 2.40. The maximum atomic E-state index is 12.2. The van der Waals surface area contributed by atoms with Crippen LogP contribution < -0.4 is 4.72 Å². The predicted octanol–water partition coefficient (Wildman–Crippen LogP) is 4.07. The molecule has 120 valence electrons. The highest BCUT2D eigenvalue weighted by molar-refractivity contribution is 7.91. The average molecular weight is 351 g/mol. The Morgan fingerprint density at radius 3 is 2.48 bits per heavy atom. The highest BCUT2D eigenvalue weighted by atomic mass is 35.5. The summed E-state index contributed by atoms with van der Waals surface area (Å²) in [5.74, 6) is 0.682. The van der Waals surface area contributed by atoms with Gasteiger partial charge in [-0.25, -0.2) is 18.1 Å². The van der Waals surface area contributed by atoms with Crippen LogP contribution in [0.4, 0.5) is 0 Å². The Morgan fingerprint density at radius 2 is 2.00 bits per heavy atom. The zero-order valence-corrected chi connectivity index (χ0v) is 15.1. The Kier molecular flexibility index (Phi) is 5.34. The van der Waals surface area contributed by atoms with Crippen LogP contribution in [0.1, 0.15) is 52.9 Å². The molecule has 1 N–H and O–H groups in total. The van der Waals surface area contributed by atoms with Gasteiger partial charge >= 0.3 is 0 Å². The summed E-state index contributed by atoms with van der Waals surface area (Å²) in [6, 6.07) is 0.0276. The lowest BCUT2D eigenvalue weighted by Gasteiger charge is -2.38.